The summed E-state index contributed by atoms with van der Waals surface area (Å²) in [7, 11) is -7.58. The van der Waals surface area contributed by atoms with Gasteiger partial charge in [0.1, 0.15) is 0 Å². The van der Waals surface area contributed by atoms with Crippen molar-refractivity contribution >= 4 is 37.3 Å². The third kappa shape index (κ3) is 5.77. The van der Waals surface area contributed by atoms with Gasteiger partial charge < -0.3 is 5.32 Å². The first-order chi connectivity index (χ1) is 17.1. The van der Waals surface area contributed by atoms with Crippen molar-refractivity contribution in [1.29, 1.82) is 0 Å². The summed E-state index contributed by atoms with van der Waals surface area (Å²) < 4.78 is 55.9. The van der Waals surface area contributed by atoms with Crippen LogP contribution in [0.2, 0.25) is 0 Å². The minimum Gasteiger partial charge on any atom is -0.322 e. The van der Waals surface area contributed by atoms with Crippen LogP contribution in [0.15, 0.2) is 76.5 Å². The zero-order chi connectivity index (χ0) is 25.9. The molecule has 1 fully saturated rings. The Balaban J connectivity index is 1.55. The van der Waals surface area contributed by atoms with Gasteiger partial charge >= 0.3 is 0 Å². The molecule has 0 aromatic heterocycles. The van der Waals surface area contributed by atoms with Crippen LogP contribution in [0, 0.1) is 13.8 Å². The van der Waals surface area contributed by atoms with Gasteiger partial charge in [-0.05, 0) is 74.7 Å². The highest BCUT2D eigenvalue weighted by Gasteiger charge is 2.26. The highest BCUT2D eigenvalue weighted by atomic mass is 32.2. The SMILES string of the molecule is Cc1ccc(NS(=O)(=O)c2cccc(C(=O)Nc3cc(S(=O)(=O)N4CCCCC4)ccc3C)c2)cc1. The first-order valence-corrected chi connectivity index (χ1v) is 14.6. The number of aryl methyl sites for hydroxylation is 2. The van der Waals surface area contributed by atoms with Gasteiger partial charge in [0.05, 0.1) is 9.79 Å². The molecule has 1 aliphatic heterocycles. The summed E-state index contributed by atoms with van der Waals surface area (Å²) in [6.45, 7) is 4.63. The summed E-state index contributed by atoms with van der Waals surface area (Å²) >= 11 is 0. The van der Waals surface area contributed by atoms with E-state index in [1.165, 1.54) is 34.6 Å². The average molecular weight is 528 g/mol. The highest BCUT2D eigenvalue weighted by Crippen LogP contribution is 2.26. The van der Waals surface area contributed by atoms with Crippen LogP contribution in [0.3, 0.4) is 0 Å². The fraction of sp³-hybridized carbons (Fsp3) is 0.269. The van der Waals surface area contributed by atoms with Crippen molar-refractivity contribution in [3.8, 4) is 0 Å². The molecule has 3 aromatic rings. The highest BCUT2D eigenvalue weighted by molar-refractivity contribution is 7.92. The molecular formula is C26H29N3O5S2. The van der Waals surface area contributed by atoms with Gasteiger partial charge in [0.25, 0.3) is 15.9 Å². The predicted octanol–water partition coefficient (Wildman–Crippen LogP) is 4.53. The molecule has 1 aliphatic rings. The van der Waals surface area contributed by atoms with Crippen LogP contribution in [-0.2, 0) is 20.0 Å². The third-order valence-corrected chi connectivity index (χ3v) is 9.39. The van der Waals surface area contributed by atoms with Crippen molar-refractivity contribution in [2.75, 3.05) is 23.1 Å². The van der Waals surface area contributed by atoms with Crippen LogP contribution in [0.25, 0.3) is 0 Å². The number of nitrogens with one attached hydrogen (secondary N) is 2. The first kappa shape index (κ1) is 25.9. The molecule has 3 aromatic carbocycles. The number of carbonyl (C=O) groups excluding carboxylic acids is 1. The molecule has 1 heterocycles. The van der Waals surface area contributed by atoms with E-state index in [1.54, 1.807) is 43.3 Å². The minimum atomic E-state index is -3.92. The molecule has 36 heavy (non-hydrogen) atoms. The van der Waals surface area contributed by atoms with Gasteiger partial charge in [0.2, 0.25) is 10.0 Å². The van der Waals surface area contributed by atoms with Gasteiger partial charge in [-0.3, -0.25) is 9.52 Å². The van der Waals surface area contributed by atoms with Crippen molar-refractivity contribution in [2.24, 2.45) is 0 Å². The Labute approximate surface area is 212 Å². The summed E-state index contributed by atoms with van der Waals surface area (Å²) in [5, 5.41) is 2.74. The summed E-state index contributed by atoms with van der Waals surface area (Å²) in [6.07, 6.45) is 2.66. The van der Waals surface area contributed by atoms with Crippen LogP contribution in [0.1, 0.15) is 40.7 Å². The van der Waals surface area contributed by atoms with Crippen molar-refractivity contribution in [3.05, 3.63) is 83.4 Å². The Hall–Kier alpha value is -3.21. The van der Waals surface area contributed by atoms with Gasteiger partial charge in [-0.25, -0.2) is 16.8 Å². The summed E-state index contributed by atoms with van der Waals surface area (Å²) in [5.74, 6) is -0.544. The van der Waals surface area contributed by atoms with E-state index in [2.05, 4.69) is 10.0 Å². The van der Waals surface area contributed by atoms with Gasteiger partial charge in [0.15, 0.2) is 0 Å². The van der Waals surface area contributed by atoms with Crippen molar-refractivity contribution in [1.82, 2.24) is 4.31 Å². The van der Waals surface area contributed by atoms with Crippen molar-refractivity contribution < 1.29 is 21.6 Å². The maximum atomic E-state index is 13.1. The van der Waals surface area contributed by atoms with E-state index in [4.69, 9.17) is 0 Å². The third-order valence-electron chi connectivity index (χ3n) is 6.12. The van der Waals surface area contributed by atoms with E-state index < -0.39 is 26.0 Å². The lowest BCUT2D eigenvalue weighted by Crippen LogP contribution is -2.35. The van der Waals surface area contributed by atoms with Crippen LogP contribution in [0.5, 0.6) is 0 Å². The van der Waals surface area contributed by atoms with E-state index in [0.29, 0.717) is 30.0 Å². The van der Waals surface area contributed by atoms with E-state index in [9.17, 15) is 21.6 Å². The van der Waals surface area contributed by atoms with E-state index in [1.807, 2.05) is 6.92 Å². The Kier molecular flexibility index (Phi) is 7.49. The Morgan fingerprint density at radius 3 is 2.19 bits per heavy atom. The maximum absolute atomic E-state index is 13.1. The molecule has 0 spiro atoms. The average Bonchev–Trinajstić information content (AvgIpc) is 2.87. The smallest absolute Gasteiger partial charge is 0.261 e. The number of piperidine rings is 1. The van der Waals surface area contributed by atoms with Crippen molar-refractivity contribution in [3.63, 3.8) is 0 Å². The van der Waals surface area contributed by atoms with Gasteiger partial charge in [-0.2, -0.15) is 4.31 Å². The number of anilines is 2. The molecule has 190 valence electrons. The van der Waals surface area contributed by atoms with Crippen LogP contribution >= 0.6 is 0 Å². The number of amides is 1. The molecule has 10 heteroatoms. The summed E-state index contributed by atoms with van der Waals surface area (Å²) in [4.78, 5) is 13.1. The molecule has 0 bridgehead atoms. The lowest BCUT2D eigenvalue weighted by Gasteiger charge is -2.26. The second-order valence-electron chi connectivity index (χ2n) is 8.89. The van der Waals surface area contributed by atoms with Crippen LogP contribution in [0.4, 0.5) is 11.4 Å². The number of hydrogen-bond acceptors (Lipinski definition) is 5. The first-order valence-electron chi connectivity index (χ1n) is 11.7. The van der Waals surface area contributed by atoms with E-state index >= 15 is 0 Å². The quantitative estimate of drug-likeness (QED) is 0.469. The number of rotatable bonds is 7. The second-order valence-corrected chi connectivity index (χ2v) is 12.5. The second kappa shape index (κ2) is 10.4. The monoisotopic (exact) mass is 527 g/mol. The number of sulfonamides is 2. The van der Waals surface area contributed by atoms with Crippen molar-refractivity contribution in [2.45, 2.75) is 42.9 Å². The summed E-state index contributed by atoms with van der Waals surface area (Å²) in [6, 6.07) is 17.3. The molecule has 2 N–H and O–H groups in total. The number of nitrogens with zero attached hydrogens (tertiary/aromatic N) is 1. The van der Waals surface area contributed by atoms with Gasteiger partial charge in [0, 0.05) is 30.0 Å². The predicted molar refractivity (Wildman–Crippen MR) is 140 cm³/mol. The molecule has 8 nitrogen and oxygen atoms in total. The van der Waals surface area contributed by atoms with E-state index in [0.717, 1.165) is 24.8 Å². The minimum absolute atomic E-state index is 0.0612. The fourth-order valence-corrected chi connectivity index (χ4v) is 6.63. The topological polar surface area (TPSA) is 113 Å². The Bertz CT molecular complexity index is 1480. The molecule has 1 amide bonds. The molecule has 4 rings (SSSR count). The largest absolute Gasteiger partial charge is 0.322 e. The zero-order valence-corrected chi connectivity index (χ0v) is 21.8. The van der Waals surface area contributed by atoms with Crippen LogP contribution in [-0.4, -0.2) is 40.1 Å². The Morgan fingerprint density at radius 1 is 0.806 bits per heavy atom. The standard InChI is InChI=1S/C26H29N3O5S2/c1-19-9-12-22(13-10-19)28-35(31,32)23-8-6-7-21(17-23)26(30)27-25-18-24(14-11-20(25)2)36(33,34)29-15-4-3-5-16-29/h6-14,17-18,28H,3-5,15-16H2,1-2H3,(H,27,30). The fourth-order valence-electron chi connectivity index (χ4n) is 3.99. The van der Waals surface area contributed by atoms with Crippen LogP contribution < -0.4 is 10.0 Å². The zero-order valence-electron chi connectivity index (χ0n) is 20.2. The molecule has 0 atom stereocenters. The van der Waals surface area contributed by atoms with Gasteiger partial charge in [-0.1, -0.05) is 36.2 Å². The summed E-state index contributed by atoms with van der Waals surface area (Å²) in [5.41, 5.74) is 2.58. The number of carbonyl (C=O) groups is 1. The number of benzene rings is 3. The van der Waals surface area contributed by atoms with E-state index in [-0.39, 0.29) is 15.4 Å². The molecule has 0 saturated carbocycles. The lowest BCUT2D eigenvalue weighted by atomic mass is 10.1. The molecule has 0 unspecified atom stereocenters. The molecule has 0 aliphatic carbocycles. The number of hydrogen-bond donors (Lipinski definition) is 2. The molecule has 1 saturated heterocycles. The maximum Gasteiger partial charge on any atom is 0.261 e. The lowest BCUT2D eigenvalue weighted by molar-refractivity contribution is 0.102. The molecule has 0 radical (unpaired) electrons. The van der Waals surface area contributed by atoms with Gasteiger partial charge in [-0.15, -0.1) is 0 Å². The molecular weight excluding hydrogens is 498 g/mol. The normalized spacial score (nSPS) is 14.8. The Morgan fingerprint density at radius 2 is 1.50 bits per heavy atom.